The van der Waals surface area contributed by atoms with Crippen molar-refractivity contribution in [1.29, 1.82) is 0 Å². The number of nitrogens with two attached hydrogens (primary N) is 1. The molecule has 0 aliphatic carbocycles. The Hall–Kier alpha value is -4.43. The molecular formula is C47H51F2I4N10O11S2-. The van der Waals surface area contributed by atoms with E-state index in [0.29, 0.717) is 108 Å². The van der Waals surface area contributed by atoms with Gasteiger partial charge in [0.15, 0.2) is 11.6 Å². The quantitative estimate of drug-likeness (QED) is 0.0858. The molecule has 4 aromatic heterocycles. The largest absolute Gasteiger partial charge is 0.484 e. The van der Waals surface area contributed by atoms with Crippen LogP contribution in [0.4, 0.5) is 30.0 Å². The van der Waals surface area contributed by atoms with Gasteiger partial charge in [-0.25, -0.2) is 38.3 Å². The van der Waals surface area contributed by atoms with E-state index >= 15 is 0 Å². The molecule has 2 atom stereocenters. The second-order valence-electron chi connectivity index (χ2n) is 16.2. The molecule has 10 rings (SSSR count). The number of cyclic esters (lactones) is 2. The summed E-state index contributed by atoms with van der Waals surface area (Å²) in [5.41, 5.74) is 8.39. The van der Waals surface area contributed by atoms with Crippen molar-refractivity contribution in [3.63, 3.8) is 0 Å². The Balaban J connectivity index is 0.000000252. The number of ether oxygens (including phenoxy) is 4. The second-order valence-corrected chi connectivity index (χ2v) is 32.4. The molecule has 8 heterocycles. The maximum absolute atomic E-state index is 14.5. The van der Waals surface area contributed by atoms with Crippen molar-refractivity contribution >= 4 is 151 Å². The minimum atomic E-state index is -0.525. The fourth-order valence-corrected chi connectivity index (χ4v) is 8.00. The number of rotatable bonds is 10. The number of carbonyl (C=O) groups is 5. The van der Waals surface area contributed by atoms with Gasteiger partial charge in [-0.1, -0.05) is 22.6 Å². The van der Waals surface area contributed by atoms with Gasteiger partial charge in [0, 0.05) is 44.7 Å². The van der Waals surface area contributed by atoms with Crippen LogP contribution in [-0.4, -0.2) is 122 Å². The molecule has 76 heavy (non-hydrogen) atoms. The zero-order valence-corrected chi connectivity index (χ0v) is 51.3. The van der Waals surface area contributed by atoms with Crippen LogP contribution in [0.15, 0.2) is 70.5 Å². The van der Waals surface area contributed by atoms with Gasteiger partial charge in [0.25, 0.3) is 11.1 Å². The standard InChI is InChI=1S/C23H22FN5O5.C12H13N3O4.C11H9FN2O2.CH3I.I3.2H2S/c1-28-21(31)10-26-17-3-2-16(24)15(22(17)28)6-7-25-9-14-11-29(23(32)34-14)20-5-4-19-18(27-20)8-13(30)12-33-19;13-4-8-5-15(12(17)19-8)11-2-1-10-9(14-11)3-7(16)6-18-10;1-14-10(16)6-13-9-3-2-8(12)7(4-5-15)11(9)14;1-2;1-3-2;;/h2-5,10,14,25H,6-9,11-12H2,1H3;1-2,8H,3-6,13H2;2-3,5-6H,4H2,1H3;1H3;;2*1H2/q;;;;-1;;/t14-;8-;;;;;/m00...../s1. The SMILES string of the molecule is CI.Cn1c(=O)cnc2ccc(F)c(CC=O)c21.Cn1c(=O)cnc2ccc(F)c(CCNC[C@H]3CN(c4ccc5c(n4)CC(=O)CO5)C(=O)O3)c21.I[I-]I.NC[C@H]1CN(c2ccc3c(n2)CC(=O)CO3)C(=O)O1.S.S. The summed E-state index contributed by atoms with van der Waals surface area (Å²) in [7, 11) is 3.12. The number of nitrogens with one attached hydrogen (secondary N) is 1. The number of benzene rings is 2. The molecule has 21 nitrogen and oxygen atoms in total. The van der Waals surface area contributed by atoms with Gasteiger partial charge < -0.3 is 43.9 Å². The Morgan fingerprint density at radius 1 is 0.711 bits per heavy atom. The molecule has 6 aromatic rings. The Kier molecular flexibility index (Phi) is 25.8. The summed E-state index contributed by atoms with van der Waals surface area (Å²) >= 11 is 7.45. The van der Waals surface area contributed by atoms with Crippen molar-refractivity contribution in [3.8, 4) is 11.5 Å². The fraction of sp³-hybridized carbons (Fsp3) is 0.340. The van der Waals surface area contributed by atoms with E-state index in [9.17, 15) is 42.3 Å². The molecule has 0 unspecified atom stereocenters. The molecule has 3 N–H and O–H groups in total. The number of carbonyl (C=O) groups excluding carboxylic acids is 5. The van der Waals surface area contributed by atoms with Crippen molar-refractivity contribution in [2.75, 3.05) is 60.7 Å². The normalized spacial score (nSPS) is 16.0. The van der Waals surface area contributed by atoms with Gasteiger partial charge in [0.05, 0.1) is 71.8 Å². The van der Waals surface area contributed by atoms with E-state index in [4.69, 9.17) is 24.7 Å². The van der Waals surface area contributed by atoms with Crippen LogP contribution in [0.5, 0.6) is 11.5 Å². The number of aromatic nitrogens is 6. The van der Waals surface area contributed by atoms with Gasteiger partial charge in [-0.15, -0.1) is 0 Å². The minimum Gasteiger partial charge on any atom is -0.484 e. The first-order valence-corrected chi connectivity index (χ1v) is 37.0. The predicted molar refractivity (Wildman–Crippen MR) is 310 cm³/mol. The molecule has 0 saturated carbocycles. The third-order valence-electron chi connectivity index (χ3n) is 11.5. The Morgan fingerprint density at radius 3 is 1.62 bits per heavy atom. The van der Waals surface area contributed by atoms with E-state index in [0.717, 1.165) is 0 Å². The van der Waals surface area contributed by atoms with Gasteiger partial charge in [0.2, 0.25) is 0 Å². The van der Waals surface area contributed by atoms with Crippen LogP contribution in [0.1, 0.15) is 22.5 Å². The summed E-state index contributed by atoms with van der Waals surface area (Å²) in [5, 5.41) is 3.19. The smallest absolute Gasteiger partial charge is 0.415 e. The van der Waals surface area contributed by atoms with Crippen LogP contribution < -0.4 is 54.7 Å². The van der Waals surface area contributed by atoms with Crippen LogP contribution in [0.25, 0.3) is 22.1 Å². The molecule has 2 fully saturated rings. The second kappa shape index (κ2) is 30.6. The topological polar surface area (TPSA) is 262 Å². The van der Waals surface area contributed by atoms with E-state index in [-0.39, 0.29) is 107 Å². The predicted octanol–water partition coefficient (Wildman–Crippen LogP) is 1.86. The van der Waals surface area contributed by atoms with Crippen LogP contribution in [0.3, 0.4) is 0 Å². The van der Waals surface area contributed by atoms with Gasteiger partial charge in [-0.05, 0) is 66.4 Å². The molecule has 0 bridgehead atoms. The number of amides is 2. The number of anilines is 2. The molecule has 410 valence electrons. The van der Waals surface area contributed by atoms with Crippen molar-refractivity contribution in [2.24, 2.45) is 19.8 Å². The van der Waals surface area contributed by atoms with Gasteiger partial charge >= 0.3 is 62.7 Å². The molecular weight excluding hydrogens is 1490 g/mol. The van der Waals surface area contributed by atoms with E-state index in [1.165, 1.54) is 56.6 Å². The van der Waals surface area contributed by atoms with Crippen molar-refractivity contribution in [2.45, 2.75) is 37.9 Å². The Morgan fingerprint density at radius 2 is 1.16 bits per heavy atom. The molecule has 29 heteroatoms. The summed E-state index contributed by atoms with van der Waals surface area (Å²) in [5.74, 6) is 0.990. The first-order valence-electron chi connectivity index (χ1n) is 22.2. The third kappa shape index (κ3) is 15.9. The summed E-state index contributed by atoms with van der Waals surface area (Å²) in [6.45, 7) is 1.80. The number of nitrogens with zero attached hydrogens (tertiary/aromatic N) is 8. The van der Waals surface area contributed by atoms with Gasteiger partial charge in [-0.3, -0.25) is 29.0 Å². The zero-order chi connectivity index (χ0) is 53.6. The molecule has 2 aromatic carbocycles. The summed E-state index contributed by atoms with van der Waals surface area (Å²) < 4.78 is 51.8. The van der Waals surface area contributed by atoms with Crippen molar-refractivity contribution < 1.29 is 65.0 Å². The molecule has 2 saturated heterocycles. The number of aryl methyl sites for hydroxylation is 2. The monoisotopic (exact) mass is 1540 g/mol. The maximum Gasteiger partial charge on any atom is 0.415 e. The van der Waals surface area contributed by atoms with E-state index < -0.39 is 29.9 Å². The first kappa shape index (κ1) is 64.1. The molecule has 4 aliphatic heterocycles. The molecule has 2 amide bonds. The summed E-state index contributed by atoms with van der Waals surface area (Å²) in [6, 6.07) is 12.4. The van der Waals surface area contributed by atoms with Gasteiger partial charge in [0.1, 0.15) is 66.5 Å². The maximum atomic E-state index is 14.5. The number of hydrogen-bond donors (Lipinski definition) is 2. The Bertz CT molecular complexity index is 3200. The van der Waals surface area contributed by atoms with Gasteiger partial charge in [-0.2, -0.15) is 27.0 Å². The average molecular weight is 1540 g/mol. The van der Waals surface area contributed by atoms with E-state index in [1.807, 2.05) is 4.93 Å². The van der Waals surface area contributed by atoms with E-state index in [1.54, 1.807) is 37.4 Å². The number of hydrogen-bond acceptors (Lipinski definition) is 17. The number of halogens is 6. The van der Waals surface area contributed by atoms with Crippen LogP contribution in [0.2, 0.25) is 0 Å². The average Bonchev–Trinajstić information content (AvgIpc) is 3.98. The minimum absolute atomic E-state index is 0. The van der Waals surface area contributed by atoms with Crippen molar-refractivity contribution in [1.82, 2.24) is 34.4 Å². The van der Waals surface area contributed by atoms with Crippen LogP contribution in [0, 0.1) is 11.6 Å². The first-order chi connectivity index (χ1) is 35.6. The molecule has 4 aliphatic rings. The number of Topliss-reactive ketones (excluding diaryl/α,β-unsaturated/α-hetero) is 2. The Labute approximate surface area is 490 Å². The zero-order valence-electron chi connectivity index (χ0n) is 40.7. The van der Waals surface area contributed by atoms with Crippen LogP contribution in [-0.2, 0) is 63.6 Å². The molecule has 0 spiro atoms. The molecule has 0 radical (unpaired) electrons. The van der Waals surface area contributed by atoms with Crippen molar-refractivity contribution in [3.05, 3.63) is 116 Å². The van der Waals surface area contributed by atoms with E-state index in [2.05, 4.69) is 85.1 Å². The number of ketones is 2. The summed E-state index contributed by atoms with van der Waals surface area (Å²) in [4.78, 5) is 102. The van der Waals surface area contributed by atoms with Crippen LogP contribution >= 0.6 is 86.8 Å². The number of pyridine rings is 2. The number of fused-ring (bicyclic) bond motifs is 4. The number of aldehydes is 1. The fourth-order valence-electron chi connectivity index (χ4n) is 8.00. The summed E-state index contributed by atoms with van der Waals surface area (Å²) in [6.07, 6.45) is 1.92. The number of alkyl halides is 1. The third-order valence-corrected chi connectivity index (χ3v) is 11.5.